The molecule has 0 unspecified atom stereocenters. The molecule has 1 aromatic rings. The molecule has 0 fully saturated rings. The van der Waals surface area contributed by atoms with Crippen molar-refractivity contribution in [3.63, 3.8) is 0 Å². The van der Waals surface area contributed by atoms with E-state index in [1.165, 1.54) is 14.2 Å². The third-order valence-corrected chi connectivity index (χ3v) is 2.19. The number of phenols is 1. The van der Waals surface area contributed by atoms with Crippen molar-refractivity contribution < 1.29 is 19.7 Å². The van der Waals surface area contributed by atoms with E-state index >= 15 is 0 Å². The summed E-state index contributed by atoms with van der Waals surface area (Å²) in [6.07, 6.45) is 2.28. The molecule has 0 saturated carbocycles. The van der Waals surface area contributed by atoms with Gasteiger partial charge in [-0.25, -0.2) is 0 Å². The van der Waals surface area contributed by atoms with Gasteiger partial charge in [-0.1, -0.05) is 0 Å². The molecule has 0 spiro atoms. The van der Waals surface area contributed by atoms with Gasteiger partial charge in [0.1, 0.15) is 0 Å². The summed E-state index contributed by atoms with van der Waals surface area (Å²) >= 11 is 0. The predicted octanol–water partition coefficient (Wildman–Crippen LogP) is 1.21. The number of hydrogen-bond donors (Lipinski definition) is 2. The molecule has 94 valence electrons. The quantitative estimate of drug-likeness (QED) is 0.578. The summed E-state index contributed by atoms with van der Waals surface area (Å²) in [4.78, 5) is 4.13. The first-order valence-corrected chi connectivity index (χ1v) is 5.28. The van der Waals surface area contributed by atoms with Crippen LogP contribution in [0.2, 0.25) is 0 Å². The molecule has 0 amide bonds. The Kier molecular flexibility index (Phi) is 5.29. The van der Waals surface area contributed by atoms with E-state index in [0.29, 0.717) is 24.5 Å². The summed E-state index contributed by atoms with van der Waals surface area (Å²) in [6, 6.07) is 3.33. The van der Waals surface area contributed by atoms with E-state index < -0.39 is 0 Å². The van der Waals surface area contributed by atoms with E-state index in [4.69, 9.17) is 14.6 Å². The number of aliphatic hydroxyl groups excluding tert-OH is 1. The second-order valence-corrected chi connectivity index (χ2v) is 3.39. The van der Waals surface area contributed by atoms with Gasteiger partial charge in [-0.3, -0.25) is 4.99 Å². The lowest BCUT2D eigenvalue weighted by atomic mass is 10.2. The van der Waals surface area contributed by atoms with Crippen LogP contribution >= 0.6 is 0 Å². The molecule has 1 rings (SSSR count). The van der Waals surface area contributed by atoms with Crippen LogP contribution in [-0.4, -0.2) is 43.8 Å². The number of hydrogen-bond acceptors (Lipinski definition) is 5. The molecular weight excluding hydrogens is 222 g/mol. The summed E-state index contributed by atoms with van der Waals surface area (Å²) < 4.78 is 10.0. The minimum absolute atomic E-state index is 0.0255. The molecule has 2 N–H and O–H groups in total. The average molecular weight is 239 g/mol. The summed E-state index contributed by atoms with van der Waals surface area (Å²) in [6.45, 7) is 0.682. The van der Waals surface area contributed by atoms with E-state index in [-0.39, 0.29) is 12.4 Å². The van der Waals surface area contributed by atoms with Crippen LogP contribution in [0.25, 0.3) is 0 Å². The van der Waals surface area contributed by atoms with Crippen molar-refractivity contribution in [2.45, 2.75) is 6.42 Å². The van der Waals surface area contributed by atoms with Crippen molar-refractivity contribution in [3.05, 3.63) is 17.7 Å². The molecule has 0 aliphatic heterocycles. The van der Waals surface area contributed by atoms with Gasteiger partial charge < -0.3 is 19.7 Å². The molecule has 0 bridgehead atoms. The predicted molar refractivity (Wildman–Crippen MR) is 65.4 cm³/mol. The van der Waals surface area contributed by atoms with Gasteiger partial charge in [-0.15, -0.1) is 0 Å². The molecule has 0 saturated heterocycles. The zero-order chi connectivity index (χ0) is 12.7. The van der Waals surface area contributed by atoms with Crippen LogP contribution in [0.15, 0.2) is 17.1 Å². The third-order valence-electron chi connectivity index (χ3n) is 2.19. The maximum absolute atomic E-state index is 9.70. The number of nitrogens with zero attached hydrogens (tertiary/aromatic N) is 1. The second-order valence-electron chi connectivity index (χ2n) is 3.39. The van der Waals surface area contributed by atoms with Crippen LogP contribution in [0, 0.1) is 0 Å². The molecular formula is C12H17NO4. The largest absolute Gasteiger partial charge is 0.502 e. The highest BCUT2D eigenvalue weighted by Crippen LogP contribution is 2.36. The molecule has 0 heterocycles. The highest BCUT2D eigenvalue weighted by molar-refractivity contribution is 5.82. The number of ether oxygens (including phenoxy) is 2. The third kappa shape index (κ3) is 3.64. The number of phenolic OH excluding ortho intramolecular Hbond substituents is 1. The number of rotatable bonds is 6. The summed E-state index contributed by atoms with van der Waals surface area (Å²) in [5.74, 6) is 0.656. The molecule has 0 aliphatic carbocycles. The Labute approximate surface area is 100 Å². The van der Waals surface area contributed by atoms with Crippen molar-refractivity contribution >= 4 is 6.21 Å². The fraction of sp³-hybridized carbons (Fsp3) is 0.417. The minimum Gasteiger partial charge on any atom is -0.502 e. The van der Waals surface area contributed by atoms with Crippen LogP contribution < -0.4 is 9.47 Å². The fourth-order valence-corrected chi connectivity index (χ4v) is 1.32. The number of aliphatic hydroxyl groups is 1. The smallest absolute Gasteiger partial charge is 0.200 e. The number of benzene rings is 1. The van der Waals surface area contributed by atoms with Crippen molar-refractivity contribution in [1.29, 1.82) is 0 Å². The Morgan fingerprint density at radius 3 is 2.29 bits per heavy atom. The topological polar surface area (TPSA) is 71.3 Å². The Balaban J connectivity index is 2.89. The Morgan fingerprint density at radius 1 is 1.24 bits per heavy atom. The number of aromatic hydroxyl groups is 1. The molecule has 0 aromatic heterocycles. The highest BCUT2D eigenvalue weighted by atomic mass is 16.5. The molecule has 5 heteroatoms. The van der Waals surface area contributed by atoms with Crippen LogP contribution in [0.5, 0.6) is 17.2 Å². The summed E-state index contributed by atoms with van der Waals surface area (Å²) in [5, 5.41) is 18.3. The lowest BCUT2D eigenvalue weighted by Gasteiger charge is -2.09. The maximum atomic E-state index is 9.70. The molecule has 0 radical (unpaired) electrons. The van der Waals surface area contributed by atoms with Gasteiger partial charge in [0.05, 0.1) is 14.2 Å². The zero-order valence-corrected chi connectivity index (χ0v) is 10.0. The summed E-state index contributed by atoms with van der Waals surface area (Å²) in [5.41, 5.74) is 0.773. The van der Waals surface area contributed by atoms with Gasteiger partial charge in [-0.2, -0.15) is 0 Å². The van der Waals surface area contributed by atoms with Gasteiger partial charge in [0, 0.05) is 19.4 Å². The van der Waals surface area contributed by atoms with Crippen molar-refractivity contribution in [1.82, 2.24) is 0 Å². The zero-order valence-electron chi connectivity index (χ0n) is 10.0. The first-order chi connectivity index (χ1) is 8.22. The SMILES string of the molecule is COc1cc(/C=N/CCCO)cc(OC)c1O. The van der Waals surface area contributed by atoms with Gasteiger partial charge in [-0.05, 0) is 24.1 Å². The summed E-state index contributed by atoms with van der Waals surface area (Å²) in [7, 11) is 2.95. The lowest BCUT2D eigenvalue weighted by Crippen LogP contribution is -1.93. The fourth-order valence-electron chi connectivity index (χ4n) is 1.32. The van der Waals surface area contributed by atoms with Gasteiger partial charge >= 0.3 is 0 Å². The molecule has 17 heavy (non-hydrogen) atoms. The van der Waals surface area contributed by atoms with E-state index in [1.54, 1.807) is 18.3 Å². The van der Waals surface area contributed by atoms with E-state index in [9.17, 15) is 5.11 Å². The standard InChI is InChI=1S/C12H17NO4/c1-16-10-6-9(8-13-4-3-5-14)7-11(17-2)12(10)15/h6-8,14-15H,3-5H2,1-2H3/b13-8+. The van der Waals surface area contributed by atoms with Gasteiger partial charge in [0.15, 0.2) is 11.5 Å². The van der Waals surface area contributed by atoms with E-state index in [1.807, 2.05) is 0 Å². The Hall–Kier alpha value is -1.75. The van der Waals surface area contributed by atoms with Crippen molar-refractivity contribution in [3.8, 4) is 17.2 Å². The van der Waals surface area contributed by atoms with Crippen LogP contribution in [0.1, 0.15) is 12.0 Å². The molecule has 5 nitrogen and oxygen atoms in total. The first-order valence-electron chi connectivity index (χ1n) is 5.28. The van der Waals surface area contributed by atoms with Crippen LogP contribution in [0.4, 0.5) is 0 Å². The molecule has 1 aromatic carbocycles. The number of aliphatic imine (C=N–C) groups is 1. The van der Waals surface area contributed by atoms with Gasteiger partial charge in [0.2, 0.25) is 5.75 Å². The van der Waals surface area contributed by atoms with E-state index in [2.05, 4.69) is 4.99 Å². The van der Waals surface area contributed by atoms with Crippen molar-refractivity contribution in [2.75, 3.05) is 27.4 Å². The van der Waals surface area contributed by atoms with Crippen LogP contribution in [0.3, 0.4) is 0 Å². The first kappa shape index (κ1) is 13.3. The average Bonchev–Trinajstić information content (AvgIpc) is 2.36. The monoisotopic (exact) mass is 239 g/mol. The minimum atomic E-state index is -0.0255. The highest BCUT2D eigenvalue weighted by Gasteiger charge is 2.09. The normalized spacial score (nSPS) is 10.8. The van der Waals surface area contributed by atoms with Crippen LogP contribution in [-0.2, 0) is 0 Å². The second kappa shape index (κ2) is 6.75. The Bertz CT molecular complexity index is 365. The van der Waals surface area contributed by atoms with E-state index in [0.717, 1.165) is 5.56 Å². The lowest BCUT2D eigenvalue weighted by molar-refractivity contribution is 0.291. The van der Waals surface area contributed by atoms with Gasteiger partial charge in [0.25, 0.3) is 0 Å². The maximum Gasteiger partial charge on any atom is 0.200 e. The van der Waals surface area contributed by atoms with Crippen molar-refractivity contribution in [2.24, 2.45) is 4.99 Å². The number of methoxy groups -OCH3 is 2. The Morgan fingerprint density at radius 2 is 1.82 bits per heavy atom. The molecule has 0 aliphatic rings. The molecule has 0 atom stereocenters.